The first-order valence-electron chi connectivity index (χ1n) is 4.32. The maximum atomic E-state index is 8.97. The average molecular weight is 158 g/mol. The molecule has 11 heavy (non-hydrogen) atoms. The molecule has 1 saturated heterocycles. The number of hydrogen-bond donors (Lipinski definition) is 2. The molecular weight excluding hydrogens is 140 g/mol. The van der Waals surface area contributed by atoms with E-state index in [1.165, 1.54) is 0 Å². The zero-order chi connectivity index (χ0) is 8.32. The third kappa shape index (κ3) is 2.15. The van der Waals surface area contributed by atoms with Crippen molar-refractivity contribution in [2.24, 2.45) is 5.73 Å². The summed E-state index contributed by atoms with van der Waals surface area (Å²) < 4.78 is 0. The number of likely N-dealkylation sites (tertiary alicyclic amines) is 1. The molecule has 3 heteroatoms. The van der Waals surface area contributed by atoms with Crippen molar-refractivity contribution in [1.29, 1.82) is 0 Å². The first kappa shape index (κ1) is 8.97. The molecule has 0 unspecified atom stereocenters. The van der Waals surface area contributed by atoms with Gasteiger partial charge in [0.1, 0.15) is 0 Å². The molecular formula is C8H18N2O. The van der Waals surface area contributed by atoms with Crippen LogP contribution in [0.1, 0.15) is 19.8 Å². The van der Waals surface area contributed by atoms with E-state index in [0.717, 1.165) is 32.5 Å². The number of nitrogens with two attached hydrogens (primary N) is 1. The average Bonchev–Trinajstić information content (AvgIpc) is 2.06. The molecule has 0 atom stereocenters. The third-order valence-corrected chi connectivity index (χ3v) is 2.61. The summed E-state index contributed by atoms with van der Waals surface area (Å²) in [5.41, 5.74) is 5.61. The molecule has 1 aliphatic rings. The van der Waals surface area contributed by atoms with E-state index in [1.54, 1.807) is 0 Å². The van der Waals surface area contributed by atoms with Gasteiger partial charge in [-0.2, -0.15) is 0 Å². The predicted molar refractivity (Wildman–Crippen MR) is 45.4 cm³/mol. The molecule has 0 aromatic heterocycles. The summed E-state index contributed by atoms with van der Waals surface area (Å²) in [6.07, 6.45) is 1.86. The van der Waals surface area contributed by atoms with Crippen LogP contribution >= 0.6 is 0 Å². The Hall–Kier alpha value is -0.120. The molecule has 1 fully saturated rings. The monoisotopic (exact) mass is 158 g/mol. The summed E-state index contributed by atoms with van der Waals surface area (Å²) in [5, 5.41) is 8.97. The van der Waals surface area contributed by atoms with Crippen molar-refractivity contribution in [3.05, 3.63) is 0 Å². The van der Waals surface area contributed by atoms with Crippen molar-refractivity contribution in [2.45, 2.75) is 25.3 Å². The van der Waals surface area contributed by atoms with Crippen molar-refractivity contribution in [1.82, 2.24) is 4.90 Å². The standard InChI is InChI=1S/C8H18N2O/c1-2-10-5-3-8(9,7-11)4-6-10/h11H,2-7,9H2,1H3. The van der Waals surface area contributed by atoms with Gasteiger partial charge >= 0.3 is 0 Å². The topological polar surface area (TPSA) is 49.5 Å². The summed E-state index contributed by atoms with van der Waals surface area (Å²) in [6.45, 7) is 5.45. The van der Waals surface area contributed by atoms with Crippen LogP contribution in [0, 0.1) is 0 Å². The normalized spacial score (nSPS) is 25.4. The Morgan fingerprint density at radius 3 is 2.36 bits per heavy atom. The molecule has 0 bridgehead atoms. The molecule has 0 radical (unpaired) electrons. The Labute approximate surface area is 68.2 Å². The zero-order valence-electron chi connectivity index (χ0n) is 7.21. The quantitative estimate of drug-likeness (QED) is 0.585. The van der Waals surface area contributed by atoms with Crippen molar-refractivity contribution in [2.75, 3.05) is 26.2 Å². The summed E-state index contributed by atoms with van der Waals surface area (Å²) in [6, 6.07) is 0. The number of aliphatic hydroxyl groups excluding tert-OH is 1. The number of hydrogen-bond acceptors (Lipinski definition) is 3. The number of rotatable bonds is 2. The Kier molecular flexibility index (Phi) is 2.87. The first-order valence-corrected chi connectivity index (χ1v) is 4.32. The second kappa shape index (κ2) is 3.52. The molecule has 3 N–H and O–H groups in total. The van der Waals surface area contributed by atoms with Gasteiger partial charge in [0.25, 0.3) is 0 Å². The fraction of sp³-hybridized carbons (Fsp3) is 1.00. The van der Waals surface area contributed by atoms with Gasteiger partial charge in [-0.05, 0) is 32.5 Å². The summed E-state index contributed by atoms with van der Waals surface area (Å²) in [7, 11) is 0. The zero-order valence-corrected chi connectivity index (χ0v) is 7.21. The summed E-state index contributed by atoms with van der Waals surface area (Å²) in [5.74, 6) is 0. The van der Waals surface area contributed by atoms with Crippen LogP contribution < -0.4 is 5.73 Å². The molecule has 0 saturated carbocycles. The van der Waals surface area contributed by atoms with Gasteiger partial charge in [-0.3, -0.25) is 0 Å². The van der Waals surface area contributed by atoms with Crippen molar-refractivity contribution < 1.29 is 5.11 Å². The molecule has 0 aromatic rings. The molecule has 0 aromatic carbocycles. The SMILES string of the molecule is CCN1CCC(N)(CO)CC1. The van der Waals surface area contributed by atoms with Gasteiger partial charge in [0.05, 0.1) is 6.61 Å². The van der Waals surface area contributed by atoms with Crippen LogP contribution in [0.2, 0.25) is 0 Å². The lowest BCUT2D eigenvalue weighted by atomic mass is 9.90. The molecule has 1 rings (SSSR count). The van der Waals surface area contributed by atoms with E-state index in [9.17, 15) is 0 Å². The second-order valence-electron chi connectivity index (χ2n) is 3.45. The number of nitrogens with zero attached hydrogens (tertiary/aromatic N) is 1. The molecule has 66 valence electrons. The smallest absolute Gasteiger partial charge is 0.0612 e. The molecule has 3 nitrogen and oxygen atoms in total. The van der Waals surface area contributed by atoms with Crippen LogP contribution in [0.15, 0.2) is 0 Å². The maximum absolute atomic E-state index is 8.97. The van der Waals surface area contributed by atoms with Gasteiger partial charge in [0.2, 0.25) is 0 Å². The number of aliphatic hydroxyl groups is 1. The Morgan fingerprint density at radius 2 is 2.00 bits per heavy atom. The predicted octanol–water partition coefficient (Wildman–Crippen LogP) is -0.208. The van der Waals surface area contributed by atoms with Crippen LogP contribution in [0.3, 0.4) is 0 Å². The Bertz CT molecular complexity index is 119. The van der Waals surface area contributed by atoms with E-state index in [-0.39, 0.29) is 12.1 Å². The van der Waals surface area contributed by atoms with E-state index in [1.807, 2.05) is 0 Å². The minimum absolute atomic E-state index is 0.130. The molecule has 0 aliphatic carbocycles. The van der Waals surface area contributed by atoms with Crippen LogP contribution in [-0.2, 0) is 0 Å². The van der Waals surface area contributed by atoms with Crippen molar-refractivity contribution in [3.8, 4) is 0 Å². The van der Waals surface area contributed by atoms with Gasteiger partial charge in [0, 0.05) is 5.54 Å². The maximum Gasteiger partial charge on any atom is 0.0612 e. The van der Waals surface area contributed by atoms with Crippen molar-refractivity contribution in [3.63, 3.8) is 0 Å². The summed E-state index contributed by atoms with van der Waals surface area (Å²) in [4.78, 5) is 2.36. The highest BCUT2D eigenvalue weighted by Crippen LogP contribution is 2.18. The van der Waals surface area contributed by atoms with Gasteiger partial charge in [0.15, 0.2) is 0 Å². The lowest BCUT2D eigenvalue weighted by Crippen LogP contribution is -2.52. The van der Waals surface area contributed by atoms with Crippen LogP contribution in [0.25, 0.3) is 0 Å². The van der Waals surface area contributed by atoms with Gasteiger partial charge in [-0.25, -0.2) is 0 Å². The lowest BCUT2D eigenvalue weighted by Gasteiger charge is -2.37. The highest BCUT2D eigenvalue weighted by Gasteiger charge is 2.28. The fourth-order valence-corrected chi connectivity index (χ4v) is 1.47. The van der Waals surface area contributed by atoms with E-state index in [2.05, 4.69) is 11.8 Å². The molecule has 1 aliphatic heterocycles. The molecule has 0 amide bonds. The van der Waals surface area contributed by atoms with E-state index < -0.39 is 0 Å². The lowest BCUT2D eigenvalue weighted by molar-refractivity contribution is 0.109. The van der Waals surface area contributed by atoms with Crippen LogP contribution in [-0.4, -0.2) is 41.8 Å². The van der Waals surface area contributed by atoms with Crippen LogP contribution in [0.5, 0.6) is 0 Å². The highest BCUT2D eigenvalue weighted by atomic mass is 16.3. The molecule has 1 heterocycles. The summed E-state index contributed by atoms with van der Waals surface area (Å²) >= 11 is 0. The second-order valence-corrected chi connectivity index (χ2v) is 3.45. The fourth-order valence-electron chi connectivity index (χ4n) is 1.47. The Balaban J connectivity index is 2.35. The number of piperidine rings is 1. The largest absolute Gasteiger partial charge is 0.394 e. The molecule has 0 spiro atoms. The van der Waals surface area contributed by atoms with Gasteiger partial charge < -0.3 is 15.7 Å². The highest BCUT2D eigenvalue weighted by molar-refractivity contribution is 4.89. The minimum Gasteiger partial charge on any atom is -0.394 e. The third-order valence-electron chi connectivity index (χ3n) is 2.61. The van der Waals surface area contributed by atoms with E-state index in [4.69, 9.17) is 10.8 Å². The van der Waals surface area contributed by atoms with E-state index in [0.29, 0.717) is 0 Å². The minimum atomic E-state index is -0.286. The van der Waals surface area contributed by atoms with Crippen molar-refractivity contribution >= 4 is 0 Å². The van der Waals surface area contributed by atoms with Gasteiger partial charge in [-0.1, -0.05) is 6.92 Å². The van der Waals surface area contributed by atoms with Gasteiger partial charge in [-0.15, -0.1) is 0 Å². The van der Waals surface area contributed by atoms with Crippen LogP contribution in [0.4, 0.5) is 0 Å². The van der Waals surface area contributed by atoms with E-state index >= 15 is 0 Å². The Morgan fingerprint density at radius 1 is 1.45 bits per heavy atom. The first-order chi connectivity index (χ1) is 5.20.